The summed E-state index contributed by atoms with van der Waals surface area (Å²) in [6.07, 6.45) is 6.70. The second-order valence-electron chi connectivity index (χ2n) is 8.77. The molecule has 1 amide bonds. The first-order chi connectivity index (χ1) is 13.7. The Morgan fingerprint density at radius 3 is 2.50 bits per heavy atom. The van der Waals surface area contributed by atoms with Crippen LogP contribution in [-0.4, -0.2) is 39.8 Å². The van der Waals surface area contributed by atoms with E-state index in [9.17, 15) is 4.79 Å². The smallest absolute Gasteiger partial charge is 0.232 e. The van der Waals surface area contributed by atoms with E-state index < -0.39 is 0 Å². The number of aromatic nitrogens is 1. The lowest BCUT2D eigenvalue weighted by Crippen LogP contribution is -2.66. The molecule has 1 saturated carbocycles. The zero-order chi connectivity index (χ0) is 19.1. The summed E-state index contributed by atoms with van der Waals surface area (Å²) in [5.74, 6) is 0.435. The summed E-state index contributed by atoms with van der Waals surface area (Å²) in [6, 6.07) is 11.4. The van der Waals surface area contributed by atoms with Gasteiger partial charge in [-0.05, 0) is 38.2 Å². The molecule has 4 nitrogen and oxygen atoms in total. The van der Waals surface area contributed by atoms with Gasteiger partial charge in [-0.25, -0.2) is 4.98 Å². The summed E-state index contributed by atoms with van der Waals surface area (Å²) in [5.41, 5.74) is 4.35. The van der Waals surface area contributed by atoms with E-state index in [1.165, 1.54) is 23.3 Å². The molecule has 3 fully saturated rings. The van der Waals surface area contributed by atoms with Crippen molar-refractivity contribution in [3.05, 3.63) is 52.0 Å². The maximum Gasteiger partial charge on any atom is 0.232 e. The van der Waals surface area contributed by atoms with E-state index in [0.29, 0.717) is 11.9 Å². The van der Waals surface area contributed by atoms with Crippen molar-refractivity contribution in [2.45, 2.75) is 64.1 Å². The van der Waals surface area contributed by atoms with Gasteiger partial charge in [-0.2, -0.15) is 0 Å². The van der Waals surface area contributed by atoms with Gasteiger partial charge in [0, 0.05) is 25.7 Å². The molecule has 5 heteroatoms. The van der Waals surface area contributed by atoms with Crippen LogP contribution in [0.25, 0.3) is 0 Å². The molecule has 2 aliphatic heterocycles. The van der Waals surface area contributed by atoms with Crippen LogP contribution in [0.15, 0.2) is 35.8 Å². The van der Waals surface area contributed by atoms with Crippen molar-refractivity contribution in [3.8, 4) is 0 Å². The Bertz CT molecular complexity index is 835. The third-order valence-electron chi connectivity index (χ3n) is 7.19. The maximum absolute atomic E-state index is 13.4. The Hall–Kier alpha value is -1.72. The summed E-state index contributed by atoms with van der Waals surface area (Å²) >= 11 is 1.75. The fraction of sp³-hybridized carbons (Fsp3) is 0.565. The van der Waals surface area contributed by atoms with Gasteiger partial charge < -0.3 is 4.90 Å². The normalized spacial score (nSPS) is 25.4. The molecule has 1 aromatic carbocycles. The van der Waals surface area contributed by atoms with Crippen LogP contribution in [0.2, 0.25) is 0 Å². The fourth-order valence-electron chi connectivity index (χ4n) is 5.71. The first-order valence-electron chi connectivity index (χ1n) is 10.7. The molecule has 5 rings (SSSR count). The lowest BCUT2D eigenvalue weighted by Gasteiger charge is -2.58. The number of carbonyl (C=O) groups excluding carboxylic acids is 1. The van der Waals surface area contributed by atoms with Gasteiger partial charge in [-0.15, -0.1) is 11.3 Å². The monoisotopic (exact) mass is 395 g/mol. The van der Waals surface area contributed by atoms with Crippen LogP contribution in [0.1, 0.15) is 60.7 Å². The van der Waals surface area contributed by atoms with Crippen LogP contribution >= 0.6 is 11.3 Å². The van der Waals surface area contributed by atoms with E-state index in [1.54, 1.807) is 11.3 Å². The number of rotatable bonds is 4. The van der Waals surface area contributed by atoms with Gasteiger partial charge in [0.2, 0.25) is 5.91 Å². The highest BCUT2D eigenvalue weighted by molar-refractivity contribution is 7.09. The quantitative estimate of drug-likeness (QED) is 0.712. The Kier molecular flexibility index (Phi) is 4.76. The second-order valence-corrected chi connectivity index (χ2v) is 9.66. The number of β-lactam (4-membered cyclic amide) rings is 1. The van der Waals surface area contributed by atoms with E-state index in [1.807, 2.05) is 5.51 Å². The predicted octanol–water partition coefficient (Wildman–Crippen LogP) is 4.56. The van der Waals surface area contributed by atoms with Gasteiger partial charge in [0.15, 0.2) is 0 Å². The number of hydrogen-bond donors (Lipinski definition) is 0. The van der Waals surface area contributed by atoms with E-state index in [2.05, 4.69) is 52.0 Å². The van der Waals surface area contributed by atoms with Crippen LogP contribution < -0.4 is 0 Å². The molecule has 0 bridgehead atoms. The van der Waals surface area contributed by atoms with Gasteiger partial charge in [0.05, 0.1) is 27.5 Å². The predicted molar refractivity (Wildman–Crippen MR) is 112 cm³/mol. The molecule has 148 valence electrons. The molecule has 0 N–H and O–H groups in total. The molecule has 1 aliphatic carbocycles. The fourth-order valence-corrected chi connectivity index (χ4v) is 6.72. The van der Waals surface area contributed by atoms with Gasteiger partial charge in [-0.3, -0.25) is 9.69 Å². The van der Waals surface area contributed by atoms with Gasteiger partial charge in [0.1, 0.15) is 0 Å². The van der Waals surface area contributed by atoms with Crippen LogP contribution in [0.3, 0.4) is 0 Å². The zero-order valence-corrected chi connectivity index (χ0v) is 17.5. The second kappa shape index (κ2) is 7.27. The molecule has 1 unspecified atom stereocenters. The number of hydrogen-bond acceptors (Lipinski definition) is 4. The number of aryl methyl sites for hydroxylation is 1. The molecule has 2 aromatic rings. The van der Waals surface area contributed by atoms with Crippen molar-refractivity contribution in [2.24, 2.45) is 5.41 Å². The van der Waals surface area contributed by atoms with E-state index in [4.69, 9.17) is 0 Å². The van der Waals surface area contributed by atoms with Crippen molar-refractivity contribution in [3.63, 3.8) is 0 Å². The van der Waals surface area contributed by atoms with Gasteiger partial charge in [-0.1, -0.05) is 43.2 Å². The molecule has 1 spiro atoms. The molecule has 1 aromatic heterocycles. The van der Waals surface area contributed by atoms with Crippen molar-refractivity contribution in [1.82, 2.24) is 14.8 Å². The summed E-state index contributed by atoms with van der Waals surface area (Å²) in [5, 5.41) is 0. The third-order valence-corrected chi connectivity index (χ3v) is 8.17. The SMILES string of the molecule is Cc1ncsc1C1N(C2CCN(Cc3ccccc3)CC2)C(=O)C12CCCC2. The van der Waals surface area contributed by atoms with Gasteiger partial charge in [0.25, 0.3) is 0 Å². The topological polar surface area (TPSA) is 36.4 Å². The average Bonchev–Trinajstić information content (AvgIpc) is 3.38. The number of carbonyl (C=O) groups is 1. The highest BCUT2D eigenvalue weighted by Crippen LogP contribution is 2.61. The van der Waals surface area contributed by atoms with Crippen LogP contribution in [0.5, 0.6) is 0 Å². The van der Waals surface area contributed by atoms with E-state index >= 15 is 0 Å². The first-order valence-corrected chi connectivity index (χ1v) is 11.6. The average molecular weight is 396 g/mol. The number of likely N-dealkylation sites (tertiary alicyclic amines) is 2. The highest BCUT2D eigenvalue weighted by atomic mass is 32.1. The zero-order valence-electron chi connectivity index (χ0n) is 16.6. The Morgan fingerprint density at radius 1 is 1.14 bits per heavy atom. The molecule has 2 saturated heterocycles. The molecule has 0 radical (unpaired) electrons. The van der Waals surface area contributed by atoms with Crippen molar-refractivity contribution in [1.29, 1.82) is 0 Å². The summed E-state index contributed by atoms with van der Waals surface area (Å²) in [4.78, 5) is 24.0. The molecular weight excluding hydrogens is 366 g/mol. The molecule has 3 heterocycles. The molecule has 28 heavy (non-hydrogen) atoms. The highest BCUT2D eigenvalue weighted by Gasteiger charge is 2.63. The Labute approximate surface area is 171 Å². The molecule has 3 aliphatic rings. The minimum Gasteiger partial charge on any atom is -0.330 e. The summed E-state index contributed by atoms with van der Waals surface area (Å²) < 4.78 is 0. The van der Waals surface area contributed by atoms with Gasteiger partial charge >= 0.3 is 0 Å². The minimum absolute atomic E-state index is 0.113. The van der Waals surface area contributed by atoms with Crippen LogP contribution in [0, 0.1) is 12.3 Å². The lowest BCUT2D eigenvalue weighted by molar-refractivity contribution is -0.180. The lowest BCUT2D eigenvalue weighted by atomic mass is 9.67. The standard InChI is InChI=1S/C23H29N3OS/c1-17-20(28-16-24-17)21-23(11-5-6-12-23)22(27)26(21)19-9-13-25(14-10-19)15-18-7-3-2-4-8-18/h2-4,7-8,16,19,21H,5-6,9-15H2,1H3. The Morgan fingerprint density at radius 2 is 1.86 bits per heavy atom. The number of benzene rings is 1. The number of amides is 1. The van der Waals surface area contributed by atoms with Crippen molar-refractivity contribution < 1.29 is 4.79 Å². The van der Waals surface area contributed by atoms with Crippen molar-refractivity contribution in [2.75, 3.05) is 13.1 Å². The Balaban J connectivity index is 1.31. The van der Waals surface area contributed by atoms with Crippen LogP contribution in [0.4, 0.5) is 0 Å². The molecular formula is C23H29N3OS. The summed E-state index contributed by atoms with van der Waals surface area (Å²) in [7, 11) is 0. The van der Waals surface area contributed by atoms with Crippen LogP contribution in [-0.2, 0) is 11.3 Å². The van der Waals surface area contributed by atoms with E-state index in [0.717, 1.165) is 51.0 Å². The third kappa shape index (κ3) is 2.91. The molecule has 1 atom stereocenters. The van der Waals surface area contributed by atoms with E-state index in [-0.39, 0.29) is 11.5 Å². The maximum atomic E-state index is 13.4. The summed E-state index contributed by atoms with van der Waals surface area (Å²) in [6.45, 7) is 5.27. The minimum atomic E-state index is -0.113. The largest absolute Gasteiger partial charge is 0.330 e. The number of nitrogens with zero attached hydrogens (tertiary/aromatic N) is 3. The first kappa shape index (κ1) is 18.3. The number of thiazole rings is 1. The van der Waals surface area contributed by atoms with Crippen molar-refractivity contribution >= 4 is 17.2 Å². The number of piperidine rings is 1.